The van der Waals surface area contributed by atoms with Gasteiger partial charge < -0.3 is 4.57 Å². The number of hydrogen-bond acceptors (Lipinski definition) is 2. The summed E-state index contributed by atoms with van der Waals surface area (Å²) in [5.74, 6) is -5.08. The van der Waals surface area contributed by atoms with Gasteiger partial charge in [-0.05, 0) is 24.5 Å². The van der Waals surface area contributed by atoms with Crippen LogP contribution in [0.3, 0.4) is 0 Å². The van der Waals surface area contributed by atoms with Gasteiger partial charge in [0, 0.05) is 17.6 Å². The van der Waals surface area contributed by atoms with E-state index in [-0.39, 0.29) is 5.41 Å². The maximum Gasteiger partial charge on any atom is 0.285 e. The molecular weight excluding hydrogens is 325 g/mol. The third-order valence-electron chi connectivity index (χ3n) is 3.45. The van der Waals surface area contributed by atoms with Crippen LogP contribution in [0.15, 0.2) is 17.1 Å². The normalized spacial score (nSPS) is 12.8. The number of amides is 1. The molecule has 1 amide bonds. The minimum absolute atomic E-state index is 0.154. The summed E-state index contributed by atoms with van der Waals surface area (Å²) in [7, 11) is 1.71. The average molecular weight is 342 g/mol. The van der Waals surface area contributed by atoms with Crippen LogP contribution in [-0.2, 0) is 12.5 Å². The van der Waals surface area contributed by atoms with Gasteiger partial charge in [0.1, 0.15) is 11.4 Å². The average Bonchev–Trinajstić information content (AvgIpc) is 2.71. The summed E-state index contributed by atoms with van der Waals surface area (Å²) in [5, 5.41) is 0. The predicted octanol–water partition coefficient (Wildman–Crippen LogP) is 3.85. The maximum absolute atomic E-state index is 13.7. The van der Waals surface area contributed by atoms with Crippen molar-refractivity contribution in [3.05, 3.63) is 50.5 Å². The first kappa shape index (κ1) is 17.5. The summed E-state index contributed by atoms with van der Waals surface area (Å²) in [5.41, 5.74) is -0.221. The van der Waals surface area contributed by atoms with Crippen LogP contribution in [0.5, 0.6) is 0 Å². The van der Waals surface area contributed by atoms with Crippen molar-refractivity contribution < 1.29 is 18.0 Å². The molecule has 1 heterocycles. The van der Waals surface area contributed by atoms with Gasteiger partial charge in [-0.15, -0.1) is 11.3 Å². The fourth-order valence-corrected chi connectivity index (χ4v) is 3.36. The van der Waals surface area contributed by atoms with E-state index in [0.29, 0.717) is 16.9 Å². The number of thiazole rings is 1. The van der Waals surface area contributed by atoms with Crippen LogP contribution in [0.2, 0.25) is 0 Å². The van der Waals surface area contributed by atoms with Crippen molar-refractivity contribution in [1.82, 2.24) is 4.57 Å². The molecule has 0 saturated carbocycles. The molecule has 0 saturated heterocycles. The fraction of sp³-hybridized carbons (Fsp3) is 0.375. The second kappa shape index (κ2) is 5.96. The van der Waals surface area contributed by atoms with E-state index in [4.69, 9.17) is 0 Å². The quantitative estimate of drug-likeness (QED) is 0.725. The highest BCUT2D eigenvalue weighted by atomic mass is 32.1. The predicted molar refractivity (Wildman–Crippen MR) is 82.9 cm³/mol. The number of carbonyl (C=O) groups is 1. The Morgan fingerprint density at radius 2 is 1.74 bits per heavy atom. The second-order valence-electron chi connectivity index (χ2n) is 6.24. The zero-order valence-electron chi connectivity index (χ0n) is 13.5. The smallest absolute Gasteiger partial charge is 0.285 e. The van der Waals surface area contributed by atoms with E-state index in [0.717, 1.165) is 10.6 Å². The van der Waals surface area contributed by atoms with Crippen molar-refractivity contribution in [3.63, 3.8) is 0 Å². The summed E-state index contributed by atoms with van der Waals surface area (Å²) in [6, 6.07) is 1.34. The van der Waals surface area contributed by atoms with Gasteiger partial charge in [-0.25, -0.2) is 13.2 Å². The molecule has 1 aromatic heterocycles. The highest BCUT2D eigenvalue weighted by Gasteiger charge is 2.23. The van der Waals surface area contributed by atoms with Gasteiger partial charge in [-0.2, -0.15) is 4.99 Å². The van der Waals surface area contributed by atoms with Crippen molar-refractivity contribution in [1.29, 1.82) is 0 Å². The highest BCUT2D eigenvalue weighted by molar-refractivity contribution is 7.09. The van der Waals surface area contributed by atoms with Gasteiger partial charge in [0.15, 0.2) is 16.4 Å². The monoisotopic (exact) mass is 342 g/mol. The van der Waals surface area contributed by atoms with Gasteiger partial charge >= 0.3 is 0 Å². The molecule has 0 fully saturated rings. The highest BCUT2D eigenvalue weighted by Crippen LogP contribution is 2.27. The van der Waals surface area contributed by atoms with E-state index >= 15 is 0 Å². The van der Waals surface area contributed by atoms with Crippen LogP contribution in [0, 0.1) is 24.4 Å². The Morgan fingerprint density at radius 3 is 2.26 bits per heavy atom. The Hall–Kier alpha value is -1.89. The van der Waals surface area contributed by atoms with Gasteiger partial charge in [0.05, 0.1) is 0 Å². The molecule has 7 heteroatoms. The maximum atomic E-state index is 13.7. The molecule has 0 spiro atoms. The van der Waals surface area contributed by atoms with Crippen molar-refractivity contribution in [2.24, 2.45) is 12.0 Å². The third kappa shape index (κ3) is 3.24. The molecule has 2 rings (SSSR count). The molecule has 0 aliphatic rings. The lowest BCUT2D eigenvalue weighted by Crippen LogP contribution is -2.16. The van der Waals surface area contributed by atoms with Gasteiger partial charge in [0.2, 0.25) is 0 Å². The zero-order valence-corrected chi connectivity index (χ0v) is 14.3. The molecule has 0 radical (unpaired) electrons. The summed E-state index contributed by atoms with van der Waals surface area (Å²) in [6.45, 7) is 7.93. The number of nitrogens with zero attached hydrogens (tertiary/aromatic N) is 2. The van der Waals surface area contributed by atoms with Crippen LogP contribution in [0.25, 0.3) is 0 Å². The summed E-state index contributed by atoms with van der Waals surface area (Å²) in [4.78, 5) is 17.2. The number of halogens is 3. The van der Waals surface area contributed by atoms with E-state index < -0.39 is 28.9 Å². The molecule has 0 N–H and O–H groups in total. The molecule has 0 atom stereocenters. The van der Waals surface area contributed by atoms with Gasteiger partial charge in [-0.3, -0.25) is 4.79 Å². The SMILES string of the molecule is Cc1c(C(C)(C)C)sc(=NC(=O)c2c(F)ccc(F)c2F)n1C. The Bertz CT molecular complexity index is 844. The van der Waals surface area contributed by atoms with Crippen molar-refractivity contribution in [2.45, 2.75) is 33.1 Å². The van der Waals surface area contributed by atoms with Gasteiger partial charge in [0.25, 0.3) is 5.91 Å². The molecular formula is C16H17F3N2OS. The molecule has 124 valence electrons. The molecule has 0 unspecified atom stereocenters. The molecule has 0 aliphatic heterocycles. The number of hydrogen-bond donors (Lipinski definition) is 0. The van der Waals surface area contributed by atoms with Crippen molar-refractivity contribution >= 4 is 17.2 Å². The first-order chi connectivity index (χ1) is 10.5. The van der Waals surface area contributed by atoms with E-state index in [2.05, 4.69) is 4.99 Å². The third-order valence-corrected chi connectivity index (χ3v) is 5.11. The molecule has 23 heavy (non-hydrogen) atoms. The number of aromatic nitrogens is 1. The first-order valence-electron chi connectivity index (χ1n) is 6.93. The lowest BCUT2D eigenvalue weighted by molar-refractivity contribution is 0.0988. The second-order valence-corrected chi connectivity index (χ2v) is 7.22. The fourth-order valence-electron chi connectivity index (χ4n) is 2.19. The van der Waals surface area contributed by atoms with Crippen LogP contribution >= 0.6 is 11.3 Å². The molecule has 2 aromatic rings. The molecule has 3 nitrogen and oxygen atoms in total. The van der Waals surface area contributed by atoms with Crippen LogP contribution < -0.4 is 4.80 Å². The van der Waals surface area contributed by atoms with Gasteiger partial charge in [-0.1, -0.05) is 20.8 Å². The summed E-state index contributed by atoms with van der Waals surface area (Å²) >= 11 is 1.27. The number of carbonyl (C=O) groups excluding carboxylic acids is 1. The zero-order chi connectivity index (χ0) is 17.5. The Kier molecular flexibility index (Phi) is 4.52. The van der Waals surface area contributed by atoms with E-state index in [1.165, 1.54) is 11.3 Å². The standard InChI is InChI=1S/C16H17F3N2OS/c1-8-13(16(2,3)4)23-15(21(8)5)20-14(22)11-9(17)6-7-10(18)12(11)19/h6-7H,1-5H3. The van der Waals surface area contributed by atoms with E-state index in [9.17, 15) is 18.0 Å². The summed E-state index contributed by atoms with van der Waals surface area (Å²) in [6.07, 6.45) is 0. The molecule has 0 bridgehead atoms. The minimum atomic E-state index is -1.52. The minimum Gasteiger partial charge on any atom is -0.324 e. The van der Waals surface area contributed by atoms with Crippen molar-refractivity contribution in [2.75, 3.05) is 0 Å². The van der Waals surface area contributed by atoms with E-state index in [1.54, 1.807) is 11.6 Å². The topological polar surface area (TPSA) is 34.4 Å². The number of rotatable bonds is 1. The first-order valence-corrected chi connectivity index (χ1v) is 7.75. The van der Waals surface area contributed by atoms with Crippen LogP contribution in [-0.4, -0.2) is 10.5 Å². The Labute approximate surface area is 136 Å². The molecule has 1 aromatic carbocycles. The van der Waals surface area contributed by atoms with Crippen LogP contribution in [0.1, 0.15) is 41.7 Å². The lowest BCUT2D eigenvalue weighted by Gasteiger charge is -2.17. The lowest BCUT2D eigenvalue weighted by atomic mass is 9.93. The largest absolute Gasteiger partial charge is 0.324 e. The summed E-state index contributed by atoms with van der Waals surface area (Å²) < 4.78 is 42.3. The van der Waals surface area contributed by atoms with E-state index in [1.807, 2.05) is 27.7 Å². The van der Waals surface area contributed by atoms with Crippen LogP contribution in [0.4, 0.5) is 13.2 Å². The number of benzene rings is 1. The Morgan fingerprint density at radius 1 is 1.17 bits per heavy atom. The molecule has 0 aliphatic carbocycles. The Balaban J connectivity index is 2.61. The van der Waals surface area contributed by atoms with Crippen molar-refractivity contribution in [3.8, 4) is 0 Å².